The Hall–Kier alpha value is -7.82. The summed E-state index contributed by atoms with van der Waals surface area (Å²) in [6, 6.07) is 75.6. The second kappa shape index (κ2) is 15.4. The fraction of sp³-hybridized carbons (Fsp3) is 0. The molecule has 3 aromatic heterocycles. The van der Waals surface area contributed by atoms with Crippen LogP contribution in [0, 0.1) is 0 Å². The highest BCUT2D eigenvalue weighted by Crippen LogP contribution is 2.35. The first kappa shape index (κ1) is 34.7. The van der Waals surface area contributed by atoms with Gasteiger partial charge in [0.05, 0.1) is 34.0 Å². The molecule has 7 aromatic carbocycles. The van der Waals surface area contributed by atoms with Gasteiger partial charge in [0, 0.05) is 38.8 Å². The van der Waals surface area contributed by atoms with Crippen molar-refractivity contribution in [3.63, 3.8) is 0 Å². The van der Waals surface area contributed by atoms with Crippen LogP contribution in [0.3, 0.4) is 0 Å². The van der Waals surface area contributed by atoms with Crippen LogP contribution in [0.2, 0.25) is 0 Å². The van der Waals surface area contributed by atoms with Gasteiger partial charge in [-0.1, -0.05) is 188 Å². The maximum Gasteiger partial charge on any atom is 0.160 e. The van der Waals surface area contributed by atoms with Crippen molar-refractivity contribution in [2.45, 2.75) is 0 Å². The summed E-state index contributed by atoms with van der Waals surface area (Å²) in [6.07, 6.45) is 0. The summed E-state index contributed by atoms with van der Waals surface area (Å²) >= 11 is 0. The number of nitrogens with zero attached hydrogens (tertiary/aromatic N) is 4. The molecule has 0 radical (unpaired) electrons. The number of benzene rings is 7. The normalized spacial score (nSPS) is 11.1. The van der Waals surface area contributed by atoms with Crippen LogP contribution < -0.4 is 0 Å². The molecule has 0 saturated carbocycles. The van der Waals surface area contributed by atoms with E-state index in [4.69, 9.17) is 19.9 Å². The number of aromatic nitrogens is 4. The largest absolute Gasteiger partial charge is 0.248 e. The Balaban J connectivity index is 1.01. The highest BCUT2D eigenvalue weighted by atomic mass is 14.9. The Morgan fingerprint density at radius 1 is 0.224 bits per heavy atom. The molecule has 0 saturated heterocycles. The summed E-state index contributed by atoms with van der Waals surface area (Å²) in [5.74, 6) is 0.675. The summed E-state index contributed by atoms with van der Waals surface area (Å²) < 4.78 is 0. The van der Waals surface area contributed by atoms with Gasteiger partial charge in [-0.15, -0.1) is 0 Å². The summed E-state index contributed by atoms with van der Waals surface area (Å²) in [6.45, 7) is 0. The molecule has 0 atom stereocenters. The van der Waals surface area contributed by atoms with E-state index in [-0.39, 0.29) is 0 Å². The molecule has 0 amide bonds. The van der Waals surface area contributed by atoms with E-state index in [0.29, 0.717) is 5.82 Å². The number of hydrogen-bond donors (Lipinski definition) is 0. The minimum Gasteiger partial charge on any atom is -0.248 e. The number of para-hydroxylation sites is 1. The van der Waals surface area contributed by atoms with E-state index in [0.717, 1.165) is 95.0 Å². The lowest BCUT2D eigenvalue weighted by Crippen LogP contribution is -1.96. The molecule has 0 bridgehead atoms. The third-order valence-electron chi connectivity index (χ3n) is 10.5. The Labute approximate surface area is 337 Å². The molecule has 58 heavy (non-hydrogen) atoms. The number of rotatable bonds is 8. The van der Waals surface area contributed by atoms with E-state index in [1.165, 1.54) is 0 Å². The SMILES string of the molecule is c1ccc(-c2cc(-c3ccccc3)nc(-c3ccc(-c4nc(-c5ccc(-c6cc(-c7ccccc7)nc(-c7ccccc7)c6)cc5)c5ccccc5n4)cc3)c2)cc1. The fourth-order valence-corrected chi connectivity index (χ4v) is 7.48. The third-order valence-corrected chi connectivity index (χ3v) is 10.5. The van der Waals surface area contributed by atoms with E-state index < -0.39 is 0 Å². The first-order valence-corrected chi connectivity index (χ1v) is 19.5. The maximum atomic E-state index is 5.22. The lowest BCUT2D eigenvalue weighted by atomic mass is 9.98. The minimum atomic E-state index is 0.675. The Morgan fingerprint density at radius 2 is 0.569 bits per heavy atom. The molecular weight excluding hydrogens is 705 g/mol. The molecule has 10 rings (SSSR count). The Bertz CT molecular complexity index is 2890. The van der Waals surface area contributed by atoms with Gasteiger partial charge in [-0.3, -0.25) is 0 Å². The second-order valence-electron chi connectivity index (χ2n) is 14.3. The van der Waals surface area contributed by atoms with Gasteiger partial charge in [-0.25, -0.2) is 19.9 Å². The molecule has 4 nitrogen and oxygen atoms in total. The average molecular weight is 741 g/mol. The number of hydrogen-bond acceptors (Lipinski definition) is 4. The van der Waals surface area contributed by atoms with E-state index in [9.17, 15) is 0 Å². The molecule has 10 aromatic rings. The first-order valence-electron chi connectivity index (χ1n) is 19.5. The summed E-state index contributed by atoms with van der Waals surface area (Å²) in [5, 5.41) is 1.01. The molecule has 0 aliphatic carbocycles. The van der Waals surface area contributed by atoms with Gasteiger partial charge in [-0.2, -0.15) is 0 Å². The van der Waals surface area contributed by atoms with Gasteiger partial charge >= 0.3 is 0 Å². The van der Waals surface area contributed by atoms with Crippen LogP contribution in [0.5, 0.6) is 0 Å². The molecule has 0 aliphatic heterocycles. The van der Waals surface area contributed by atoms with Crippen molar-refractivity contribution in [1.29, 1.82) is 0 Å². The Kier molecular flexibility index (Phi) is 9.18. The zero-order chi connectivity index (χ0) is 38.7. The van der Waals surface area contributed by atoms with Crippen molar-refractivity contribution in [3.8, 4) is 89.9 Å². The van der Waals surface area contributed by atoms with Crippen molar-refractivity contribution >= 4 is 10.9 Å². The lowest BCUT2D eigenvalue weighted by molar-refractivity contribution is 1.23. The zero-order valence-electron chi connectivity index (χ0n) is 31.6. The van der Waals surface area contributed by atoms with E-state index in [1.807, 2.05) is 36.4 Å². The number of fused-ring (bicyclic) bond motifs is 1. The van der Waals surface area contributed by atoms with Crippen molar-refractivity contribution in [1.82, 2.24) is 19.9 Å². The smallest absolute Gasteiger partial charge is 0.160 e. The van der Waals surface area contributed by atoms with Gasteiger partial charge in [0.15, 0.2) is 5.82 Å². The van der Waals surface area contributed by atoms with Gasteiger partial charge in [-0.05, 0) is 52.6 Å². The molecule has 272 valence electrons. The monoisotopic (exact) mass is 740 g/mol. The predicted molar refractivity (Wildman–Crippen MR) is 239 cm³/mol. The van der Waals surface area contributed by atoms with Crippen LogP contribution in [0.15, 0.2) is 218 Å². The van der Waals surface area contributed by atoms with Gasteiger partial charge in [0.25, 0.3) is 0 Å². The van der Waals surface area contributed by atoms with Crippen LogP contribution in [0.1, 0.15) is 0 Å². The maximum absolute atomic E-state index is 5.22. The molecule has 0 spiro atoms. The fourth-order valence-electron chi connectivity index (χ4n) is 7.48. The van der Waals surface area contributed by atoms with Crippen molar-refractivity contribution in [2.75, 3.05) is 0 Å². The van der Waals surface area contributed by atoms with Crippen molar-refractivity contribution in [2.24, 2.45) is 0 Å². The molecule has 0 N–H and O–H groups in total. The molecule has 0 unspecified atom stereocenters. The molecule has 4 heteroatoms. The molecular formula is C54H36N4. The van der Waals surface area contributed by atoms with E-state index >= 15 is 0 Å². The Morgan fingerprint density at radius 3 is 1.05 bits per heavy atom. The zero-order valence-corrected chi connectivity index (χ0v) is 31.6. The topological polar surface area (TPSA) is 51.6 Å². The van der Waals surface area contributed by atoms with Crippen molar-refractivity contribution in [3.05, 3.63) is 218 Å². The van der Waals surface area contributed by atoms with E-state index in [1.54, 1.807) is 0 Å². The average Bonchev–Trinajstić information content (AvgIpc) is 3.32. The predicted octanol–water partition coefficient (Wildman–Crippen LogP) is 13.8. The van der Waals surface area contributed by atoms with Crippen LogP contribution in [-0.4, -0.2) is 19.9 Å². The first-order chi connectivity index (χ1) is 28.7. The van der Waals surface area contributed by atoms with Crippen LogP contribution in [0.25, 0.3) is 101 Å². The van der Waals surface area contributed by atoms with Crippen LogP contribution >= 0.6 is 0 Å². The highest BCUT2D eigenvalue weighted by molar-refractivity contribution is 5.94. The molecule has 0 aliphatic rings. The minimum absolute atomic E-state index is 0.675. The van der Waals surface area contributed by atoms with Gasteiger partial charge in [0.2, 0.25) is 0 Å². The number of pyridine rings is 2. The van der Waals surface area contributed by atoms with E-state index in [2.05, 4.69) is 182 Å². The van der Waals surface area contributed by atoms with Crippen molar-refractivity contribution < 1.29 is 0 Å². The molecule has 0 fully saturated rings. The van der Waals surface area contributed by atoms with Crippen LogP contribution in [0.4, 0.5) is 0 Å². The standard InChI is InChI=1S/C54H36N4/c1-5-15-37(16-6-1)45-33-49(39-17-7-2-8-18-39)56-52(34-45)42-27-31-44(32-28-42)54-57-48-24-14-13-23-47(48)53(58-54)43-29-25-38(26-30-43)46-35-50(40-19-9-3-10-20-40)55-51(36-46)41-21-11-4-12-22-41/h1-36H. The van der Waals surface area contributed by atoms with Gasteiger partial charge < -0.3 is 0 Å². The summed E-state index contributed by atoms with van der Waals surface area (Å²) in [7, 11) is 0. The second-order valence-corrected chi connectivity index (χ2v) is 14.3. The highest BCUT2D eigenvalue weighted by Gasteiger charge is 2.15. The molecule has 3 heterocycles. The summed E-state index contributed by atoms with van der Waals surface area (Å²) in [5.41, 5.74) is 16.2. The van der Waals surface area contributed by atoms with Gasteiger partial charge in [0.1, 0.15) is 0 Å². The van der Waals surface area contributed by atoms with Crippen LogP contribution in [-0.2, 0) is 0 Å². The quantitative estimate of drug-likeness (QED) is 0.156. The lowest BCUT2D eigenvalue weighted by Gasteiger charge is -2.13. The third kappa shape index (κ3) is 7.07. The summed E-state index contributed by atoms with van der Waals surface area (Å²) in [4.78, 5) is 20.5.